The van der Waals surface area contributed by atoms with Crippen molar-refractivity contribution in [3.8, 4) is 5.75 Å². The Morgan fingerprint density at radius 2 is 1.74 bits per heavy atom. The van der Waals surface area contributed by atoms with Crippen molar-refractivity contribution in [2.45, 2.75) is 56.3 Å². The molecule has 0 spiro atoms. The molecule has 4 atom stereocenters. The van der Waals surface area contributed by atoms with Crippen LogP contribution in [0.15, 0.2) is 24.3 Å². The maximum absolute atomic E-state index is 13.4. The highest BCUT2D eigenvalue weighted by molar-refractivity contribution is 7.80. The summed E-state index contributed by atoms with van der Waals surface area (Å²) in [6.45, 7) is 0.213. The molecule has 1 aromatic carbocycles. The third kappa shape index (κ3) is 8.14. The maximum Gasteiger partial charge on any atom is 0.326 e. The quantitative estimate of drug-likeness (QED) is 0.174. The summed E-state index contributed by atoms with van der Waals surface area (Å²) >= 11 is 4.00. The van der Waals surface area contributed by atoms with Gasteiger partial charge < -0.3 is 36.6 Å². The first-order valence-corrected chi connectivity index (χ1v) is 11.7. The average molecular weight is 511 g/mol. The number of aliphatic carboxylic acids is 2. The Bertz CT molecular complexity index is 942. The monoisotopic (exact) mass is 510 g/mol. The highest BCUT2D eigenvalue weighted by Gasteiger charge is 2.39. The van der Waals surface area contributed by atoms with E-state index in [1.807, 2.05) is 0 Å². The van der Waals surface area contributed by atoms with E-state index in [1.54, 1.807) is 12.1 Å². The molecule has 13 heteroatoms. The average Bonchev–Trinajstić information content (AvgIpc) is 3.31. The summed E-state index contributed by atoms with van der Waals surface area (Å²) in [5.74, 6) is -4.36. The SMILES string of the molecule is NC(CS)C(=O)NC(Cc1ccc(O)cc1)C(=O)N1CCCC1C(=O)NC(CCC(=O)O)C(=O)O. The van der Waals surface area contributed by atoms with Gasteiger partial charge in [-0.05, 0) is 37.0 Å². The molecular weight excluding hydrogens is 480 g/mol. The molecule has 7 N–H and O–H groups in total. The summed E-state index contributed by atoms with van der Waals surface area (Å²) in [6, 6.07) is 1.62. The molecule has 0 aromatic heterocycles. The molecule has 2 rings (SSSR count). The molecule has 35 heavy (non-hydrogen) atoms. The van der Waals surface area contributed by atoms with Crippen LogP contribution in [-0.4, -0.2) is 86.3 Å². The van der Waals surface area contributed by atoms with Gasteiger partial charge >= 0.3 is 11.9 Å². The van der Waals surface area contributed by atoms with E-state index >= 15 is 0 Å². The van der Waals surface area contributed by atoms with E-state index in [9.17, 15) is 34.2 Å². The second kappa shape index (κ2) is 13.0. The number of amides is 3. The van der Waals surface area contributed by atoms with Crippen molar-refractivity contribution in [2.24, 2.45) is 5.73 Å². The Morgan fingerprint density at radius 1 is 1.09 bits per heavy atom. The molecule has 1 aliphatic rings. The lowest BCUT2D eigenvalue weighted by atomic mass is 10.0. The number of phenolic OH excluding ortho intramolecular Hbond substituents is 1. The van der Waals surface area contributed by atoms with Crippen molar-refractivity contribution in [3.05, 3.63) is 29.8 Å². The van der Waals surface area contributed by atoms with Gasteiger partial charge in [-0.15, -0.1) is 0 Å². The van der Waals surface area contributed by atoms with Crippen molar-refractivity contribution >= 4 is 42.3 Å². The van der Waals surface area contributed by atoms with Gasteiger partial charge in [0.15, 0.2) is 0 Å². The first kappa shape index (κ1) is 27.9. The van der Waals surface area contributed by atoms with Crippen LogP contribution in [0.4, 0.5) is 0 Å². The Kier molecular flexibility index (Phi) is 10.3. The molecule has 1 fully saturated rings. The number of carboxylic acids is 2. The second-order valence-electron chi connectivity index (χ2n) is 8.24. The lowest BCUT2D eigenvalue weighted by molar-refractivity contribution is -0.145. The number of likely N-dealkylation sites (tertiary alicyclic amines) is 1. The number of carbonyl (C=O) groups is 5. The van der Waals surface area contributed by atoms with Crippen molar-refractivity contribution in [1.82, 2.24) is 15.5 Å². The van der Waals surface area contributed by atoms with Crippen LogP contribution in [0.3, 0.4) is 0 Å². The first-order chi connectivity index (χ1) is 16.5. The van der Waals surface area contributed by atoms with E-state index < -0.39 is 60.2 Å². The van der Waals surface area contributed by atoms with E-state index in [0.29, 0.717) is 12.0 Å². The molecule has 0 saturated carbocycles. The number of nitrogens with two attached hydrogens (primary N) is 1. The zero-order valence-corrected chi connectivity index (χ0v) is 19.8. The Balaban J connectivity index is 2.20. The summed E-state index contributed by atoms with van der Waals surface area (Å²) in [4.78, 5) is 62.2. The van der Waals surface area contributed by atoms with Crippen LogP contribution in [0.1, 0.15) is 31.2 Å². The lowest BCUT2D eigenvalue weighted by Gasteiger charge is -2.30. The Morgan fingerprint density at radius 3 is 2.31 bits per heavy atom. The number of hydrogen-bond donors (Lipinski definition) is 7. The summed E-state index contributed by atoms with van der Waals surface area (Å²) in [5, 5.41) is 32.6. The molecule has 12 nitrogen and oxygen atoms in total. The number of benzene rings is 1. The van der Waals surface area contributed by atoms with E-state index in [1.165, 1.54) is 17.0 Å². The normalized spacial score (nSPS) is 17.8. The minimum atomic E-state index is -1.42. The van der Waals surface area contributed by atoms with E-state index in [-0.39, 0.29) is 37.3 Å². The fourth-order valence-electron chi connectivity index (χ4n) is 3.73. The van der Waals surface area contributed by atoms with Gasteiger partial charge in [0, 0.05) is 25.1 Å². The number of carbonyl (C=O) groups excluding carboxylic acids is 3. The number of nitrogens with zero attached hydrogens (tertiary/aromatic N) is 1. The number of nitrogens with one attached hydrogen (secondary N) is 2. The topological polar surface area (TPSA) is 199 Å². The van der Waals surface area contributed by atoms with Gasteiger partial charge in [-0.3, -0.25) is 19.2 Å². The van der Waals surface area contributed by atoms with Gasteiger partial charge in [0.1, 0.15) is 23.9 Å². The third-order valence-corrected chi connectivity index (χ3v) is 6.02. The summed E-state index contributed by atoms with van der Waals surface area (Å²) in [5.41, 5.74) is 6.37. The molecule has 1 saturated heterocycles. The molecule has 4 unspecified atom stereocenters. The fraction of sp³-hybridized carbons (Fsp3) is 0.500. The molecule has 1 aromatic rings. The minimum Gasteiger partial charge on any atom is -0.508 e. The van der Waals surface area contributed by atoms with Gasteiger partial charge in [0.25, 0.3) is 0 Å². The first-order valence-electron chi connectivity index (χ1n) is 11.0. The zero-order valence-electron chi connectivity index (χ0n) is 18.9. The number of phenols is 1. The van der Waals surface area contributed by atoms with Crippen molar-refractivity contribution < 1.29 is 39.3 Å². The minimum absolute atomic E-state index is 0.0323. The highest BCUT2D eigenvalue weighted by Crippen LogP contribution is 2.21. The van der Waals surface area contributed by atoms with E-state index in [4.69, 9.17) is 10.8 Å². The van der Waals surface area contributed by atoms with Crippen LogP contribution in [0.25, 0.3) is 0 Å². The van der Waals surface area contributed by atoms with Gasteiger partial charge in [0.05, 0.1) is 6.04 Å². The van der Waals surface area contributed by atoms with Crippen LogP contribution in [0.2, 0.25) is 0 Å². The van der Waals surface area contributed by atoms with Crippen LogP contribution < -0.4 is 16.4 Å². The second-order valence-corrected chi connectivity index (χ2v) is 8.61. The van der Waals surface area contributed by atoms with Gasteiger partial charge in [0.2, 0.25) is 17.7 Å². The molecule has 3 amide bonds. The van der Waals surface area contributed by atoms with Gasteiger partial charge in [-0.2, -0.15) is 12.6 Å². The summed E-state index contributed by atoms with van der Waals surface area (Å²) < 4.78 is 0. The Labute approximate surface area is 207 Å². The van der Waals surface area contributed by atoms with Gasteiger partial charge in [-0.25, -0.2) is 4.79 Å². The van der Waals surface area contributed by atoms with Crippen LogP contribution in [0.5, 0.6) is 5.75 Å². The maximum atomic E-state index is 13.4. The largest absolute Gasteiger partial charge is 0.508 e. The summed E-state index contributed by atoms with van der Waals surface area (Å²) in [6.07, 6.45) is 0.0614. The summed E-state index contributed by atoms with van der Waals surface area (Å²) in [7, 11) is 0. The van der Waals surface area contributed by atoms with Crippen molar-refractivity contribution in [2.75, 3.05) is 12.3 Å². The third-order valence-electron chi connectivity index (χ3n) is 5.62. The highest BCUT2D eigenvalue weighted by atomic mass is 32.1. The van der Waals surface area contributed by atoms with E-state index in [0.717, 1.165) is 0 Å². The molecule has 0 bridgehead atoms. The number of aromatic hydroxyl groups is 1. The number of hydrogen-bond acceptors (Lipinski definition) is 8. The predicted octanol–water partition coefficient (Wildman–Crippen LogP) is -0.898. The molecule has 1 aliphatic heterocycles. The smallest absolute Gasteiger partial charge is 0.326 e. The number of thiol groups is 1. The number of carboxylic acid groups (broad SMARTS) is 2. The fourth-order valence-corrected chi connectivity index (χ4v) is 3.89. The standard InChI is InChI=1S/C22H30N4O8S/c23-14(11-35)19(30)25-16(10-12-3-5-13(27)6-4-12)21(32)26-9-1-2-17(26)20(31)24-15(22(33)34)7-8-18(28)29/h3-6,14-17,27,35H,1-2,7-11,23H2,(H,24,31)(H,25,30)(H,28,29)(H,33,34). The van der Waals surface area contributed by atoms with Gasteiger partial charge in [-0.1, -0.05) is 12.1 Å². The Hall–Kier alpha value is -3.32. The van der Waals surface area contributed by atoms with Crippen molar-refractivity contribution in [1.29, 1.82) is 0 Å². The van der Waals surface area contributed by atoms with Crippen LogP contribution in [-0.2, 0) is 30.4 Å². The van der Waals surface area contributed by atoms with Crippen LogP contribution in [0, 0.1) is 0 Å². The zero-order chi connectivity index (χ0) is 26.1. The van der Waals surface area contributed by atoms with Crippen LogP contribution >= 0.6 is 12.6 Å². The molecule has 0 aliphatic carbocycles. The molecular formula is C22H30N4O8S. The molecule has 192 valence electrons. The molecule has 0 radical (unpaired) electrons. The van der Waals surface area contributed by atoms with E-state index in [2.05, 4.69) is 23.3 Å². The molecule has 1 heterocycles. The lowest BCUT2D eigenvalue weighted by Crippen LogP contribution is -2.57. The predicted molar refractivity (Wildman–Crippen MR) is 127 cm³/mol. The number of rotatable bonds is 12. The van der Waals surface area contributed by atoms with Crippen molar-refractivity contribution in [3.63, 3.8) is 0 Å².